The molecule has 1 saturated carbocycles. The highest BCUT2D eigenvalue weighted by Crippen LogP contribution is 2.37. The molecule has 1 aliphatic heterocycles. The Bertz CT molecular complexity index is 449. The molecule has 0 bridgehead atoms. The van der Waals surface area contributed by atoms with E-state index in [4.69, 9.17) is 9.47 Å². The van der Waals surface area contributed by atoms with Gasteiger partial charge in [0.25, 0.3) is 0 Å². The summed E-state index contributed by atoms with van der Waals surface area (Å²) in [6, 6.07) is 8.69. The standard InChI is InChI=1S/C20H30O2/c1-2-7-16-8-3-4-9-17(16)12-13-18-10-5-6-11-19(18)20-21-14-15-22-20/h5-6,10-11,16-17,20H,2-4,7-9,12-15H2,1H3. The smallest absolute Gasteiger partial charge is 0.184 e. The van der Waals surface area contributed by atoms with Crippen LogP contribution in [0.5, 0.6) is 0 Å². The van der Waals surface area contributed by atoms with E-state index in [1.807, 2.05) is 0 Å². The fourth-order valence-corrected chi connectivity index (χ4v) is 4.29. The minimum atomic E-state index is -0.131. The van der Waals surface area contributed by atoms with Gasteiger partial charge in [0, 0.05) is 5.56 Å². The summed E-state index contributed by atoms with van der Waals surface area (Å²) < 4.78 is 11.4. The molecule has 2 aliphatic rings. The number of benzene rings is 1. The minimum Gasteiger partial charge on any atom is -0.346 e. The average molecular weight is 302 g/mol. The molecule has 22 heavy (non-hydrogen) atoms. The van der Waals surface area contributed by atoms with Crippen molar-refractivity contribution in [1.82, 2.24) is 0 Å². The highest BCUT2D eigenvalue weighted by molar-refractivity contribution is 5.28. The molecule has 122 valence electrons. The van der Waals surface area contributed by atoms with Gasteiger partial charge in [-0.2, -0.15) is 0 Å². The molecule has 1 aromatic carbocycles. The molecule has 0 N–H and O–H groups in total. The number of rotatable bonds is 6. The van der Waals surface area contributed by atoms with E-state index in [0.717, 1.165) is 25.0 Å². The van der Waals surface area contributed by atoms with Gasteiger partial charge in [0.1, 0.15) is 0 Å². The van der Waals surface area contributed by atoms with Gasteiger partial charge in [-0.1, -0.05) is 69.7 Å². The summed E-state index contributed by atoms with van der Waals surface area (Å²) in [6.45, 7) is 3.77. The van der Waals surface area contributed by atoms with Gasteiger partial charge in [0.2, 0.25) is 0 Å². The van der Waals surface area contributed by atoms with Crippen molar-refractivity contribution < 1.29 is 9.47 Å². The molecule has 3 rings (SSSR count). The summed E-state index contributed by atoms with van der Waals surface area (Å²) in [5.41, 5.74) is 2.68. The Morgan fingerprint density at radius 1 is 0.955 bits per heavy atom. The van der Waals surface area contributed by atoms with Crippen LogP contribution in [0, 0.1) is 11.8 Å². The van der Waals surface area contributed by atoms with E-state index >= 15 is 0 Å². The number of hydrogen-bond donors (Lipinski definition) is 0. The van der Waals surface area contributed by atoms with Crippen LogP contribution in [0.15, 0.2) is 24.3 Å². The summed E-state index contributed by atoms with van der Waals surface area (Å²) in [5.74, 6) is 1.89. The van der Waals surface area contributed by atoms with Crippen LogP contribution >= 0.6 is 0 Å². The van der Waals surface area contributed by atoms with Crippen LogP contribution < -0.4 is 0 Å². The molecule has 0 amide bonds. The van der Waals surface area contributed by atoms with Crippen molar-refractivity contribution in [3.63, 3.8) is 0 Å². The molecule has 0 aromatic heterocycles. The van der Waals surface area contributed by atoms with Gasteiger partial charge in [0.05, 0.1) is 13.2 Å². The van der Waals surface area contributed by atoms with Crippen LogP contribution in [-0.4, -0.2) is 13.2 Å². The first kappa shape index (κ1) is 16.0. The molecule has 1 aliphatic carbocycles. The fraction of sp³-hybridized carbons (Fsp3) is 0.700. The third-order valence-electron chi connectivity index (χ3n) is 5.44. The molecule has 2 nitrogen and oxygen atoms in total. The van der Waals surface area contributed by atoms with Gasteiger partial charge >= 0.3 is 0 Å². The van der Waals surface area contributed by atoms with Gasteiger partial charge < -0.3 is 9.47 Å². The van der Waals surface area contributed by atoms with Crippen molar-refractivity contribution in [3.05, 3.63) is 35.4 Å². The number of hydrogen-bond acceptors (Lipinski definition) is 2. The first-order valence-electron chi connectivity index (χ1n) is 9.19. The lowest BCUT2D eigenvalue weighted by molar-refractivity contribution is -0.0447. The SMILES string of the molecule is CCCC1CCCCC1CCc1ccccc1C1OCCO1. The molecular formula is C20H30O2. The molecule has 1 saturated heterocycles. The Labute approximate surface area is 135 Å². The zero-order valence-corrected chi connectivity index (χ0v) is 13.9. The largest absolute Gasteiger partial charge is 0.346 e. The lowest BCUT2D eigenvalue weighted by Gasteiger charge is -2.31. The second-order valence-electron chi connectivity index (χ2n) is 6.90. The maximum atomic E-state index is 5.71. The lowest BCUT2D eigenvalue weighted by atomic mass is 9.74. The molecule has 2 fully saturated rings. The zero-order chi connectivity index (χ0) is 15.2. The van der Waals surface area contributed by atoms with Crippen LogP contribution in [-0.2, 0) is 15.9 Å². The van der Waals surface area contributed by atoms with Crippen molar-refractivity contribution in [3.8, 4) is 0 Å². The zero-order valence-electron chi connectivity index (χ0n) is 13.9. The van der Waals surface area contributed by atoms with E-state index in [1.165, 1.54) is 62.5 Å². The van der Waals surface area contributed by atoms with E-state index in [2.05, 4.69) is 31.2 Å². The molecule has 2 atom stereocenters. The molecule has 2 heteroatoms. The first-order chi connectivity index (χ1) is 10.9. The first-order valence-corrected chi connectivity index (χ1v) is 9.19. The fourth-order valence-electron chi connectivity index (χ4n) is 4.29. The van der Waals surface area contributed by atoms with Crippen LogP contribution in [0.4, 0.5) is 0 Å². The van der Waals surface area contributed by atoms with Crippen molar-refractivity contribution in [2.45, 2.75) is 64.6 Å². The molecular weight excluding hydrogens is 272 g/mol. The second-order valence-corrected chi connectivity index (χ2v) is 6.90. The topological polar surface area (TPSA) is 18.5 Å². The summed E-state index contributed by atoms with van der Waals surface area (Å²) in [4.78, 5) is 0. The second kappa shape index (κ2) is 8.12. The average Bonchev–Trinajstić information content (AvgIpc) is 3.09. The van der Waals surface area contributed by atoms with Crippen molar-refractivity contribution in [1.29, 1.82) is 0 Å². The molecule has 0 spiro atoms. The van der Waals surface area contributed by atoms with Gasteiger partial charge in [0.15, 0.2) is 6.29 Å². The molecule has 1 heterocycles. The van der Waals surface area contributed by atoms with Crippen LogP contribution in [0.3, 0.4) is 0 Å². The normalized spacial score (nSPS) is 26.4. The summed E-state index contributed by atoms with van der Waals surface area (Å²) in [5, 5.41) is 0. The van der Waals surface area contributed by atoms with Crippen LogP contribution in [0.1, 0.15) is 69.3 Å². The Kier molecular flexibility index (Phi) is 5.91. The predicted octanol–water partition coefficient (Wildman–Crippen LogP) is 5.27. The minimum absolute atomic E-state index is 0.131. The summed E-state index contributed by atoms with van der Waals surface area (Å²) >= 11 is 0. The van der Waals surface area contributed by atoms with Crippen molar-refractivity contribution in [2.24, 2.45) is 11.8 Å². The maximum Gasteiger partial charge on any atom is 0.184 e. The van der Waals surface area contributed by atoms with Crippen LogP contribution in [0.25, 0.3) is 0 Å². The van der Waals surface area contributed by atoms with E-state index in [-0.39, 0.29) is 6.29 Å². The lowest BCUT2D eigenvalue weighted by Crippen LogP contribution is -2.20. The Morgan fingerprint density at radius 2 is 1.64 bits per heavy atom. The van der Waals surface area contributed by atoms with E-state index < -0.39 is 0 Å². The summed E-state index contributed by atoms with van der Waals surface area (Å²) in [6.07, 6.45) is 10.9. The molecule has 0 radical (unpaired) electrons. The van der Waals surface area contributed by atoms with Crippen molar-refractivity contribution in [2.75, 3.05) is 13.2 Å². The third-order valence-corrected chi connectivity index (χ3v) is 5.44. The van der Waals surface area contributed by atoms with Gasteiger partial charge in [-0.05, 0) is 30.2 Å². The van der Waals surface area contributed by atoms with E-state index in [9.17, 15) is 0 Å². The van der Waals surface area contributed by atoms with Crippen molar-refractivity contribution >= 4 is 0 Å². The number of aryl methyl sites for hydroxylation is 1. The third kappa shape index (κ3) is 3.91. The Balaban J connectivity index is 1.63. The number of ether oxygens (including phenoxy) is 2. The maximum absolute atomic E-state index is 5.71. The highest BCUT2D eigenvalue weighted by Gasteiger charge is 2.25. The van der Waals surface area contributed by atoms with Gasteiger partial charge in [-0.15, -0.1) is 0 Å². The highest BCUT2D eigenvalue weighted by atomic mass is 16.7. The predicted molar refractivity (Wildman–Crippen MR) is 89.8 cm³/mol. The van der Waals surface area contributed by atoms with E-state index in [0.29, 0.717) is 0 Å². The quantitative estimate of drug-likeness (QED) is 0.712. The van der Waals surface area contributed by atoms with Gasteiger partial charge in [-0.25, -0.2) is 0 Å². The van der Waals surface area contributed by atoms with Gasteiger partial charge in [-0.3, -0.25) is 0 Å². The van der Waals surface area contributed by atoms with E-state index in [1.54, 1.807) is 0 Å². The molecule has 2 unspecified atom stereocenters. The monoisotopic (exact) mass is 302 g/mol. The molecule has 1 aromatic rings. The Morgan fingerprint density at radius 3 is 2.36 bits per heavy atom. The summed E-state index contributed by atoms with van der Waals surface area (Å²) in [7, 11) is 0. The van der Waals surface area contributed by atoms with Crippen LogP contribution in [0.2, 0.25) is 0 Å². The Hall–Kier alpha value is -0.860.